The summed E-state index contributed by atoms with van der Waals surface area (Å²) < 4.78 is 5.04. The van der Waals surface area contributed by atoms with Crippen LogP contribution < -0.4 is 10.6 Å². The van der Waals surface area contributed by atoms with Gasteiger partial charge in [0, 0.05) is 12.6 Å². The standard InChI is InChI=1S/C14H20N2O4/c1-9-11(5-7-20-9)14(19)15-8-13(18)16-12(4-6-17)10-2-3-10/h5,7,10,12,17H,2-4,6,8H2,1H3,(H,15,19)(H,16,18). The normalized spacial score (nSPS) is 15.7. The van der Waals surface area contributed by atoms with Crippen LogP contribution in [0.3, 0.4) is 0 Å². The first-order valence-corrected chi connectivity index (χ1v) is 6.84. The Kier molecular flexibility index (Phi) is 4.79. The minimum absolute atomic E-state index is 0.0139. The molecule has 0 spiro atoms. The average molecular weight is 280 g/mol. The minimum atomic E-state index is -0.323. The van der Waals surface area contributed by atoms with Crippen LogP contribution in [0.15, 0.2) is 16.7 Å². The Hall–Kier alpha value is -1.82. The second-order valence-corrected chi connectivity index (χ2v) is 5.10. The molecular formula is C14H20N2O4. The summed E-state index contributed by atoms with van der Waals surface area (Å²) in [6, 6.07) is 1.58. The molecule has 1 fully saturated rings. The predicted octanol–water partition coefficient (Wildman–Crippen LogP) is 0.595. The zero-order valence-electron chi connectivity index (χ0n) is 11.5. The summed E-state index contributed by atoms with van der Waals surface area (Å²) in [5.74, 6) is 0.443. The first kappa shape index (κ1) is 14.6. The van der Waals surface area contributed by atoms with Crippen LogP contribution >= 0.6 is 0 Å². The van der Waals surface area contributed by atoms with Crippen molar-refractivity contribution in [2.75, 3.05) is 13.2 Å². The number of hydrogen-bond acceptors (Lipinski definition) is 4. The van der Waals surface area contributed by atoms with Crippen molar-refractivity contribution in [1.82, 2.24) is 10.6 Å². The maximum atomic E-state index is 11.8. The predicted molar refractivity (Wildman–Crippen MR) is 72.1 cm³/mol. The molecule has 1 unspecified atom stereocenters. The summed E-state index contributed by atoms with van der Waals surface area (Å²) in [5.41, 5.74) is 0.437. The second kappa shape index (κ2) is 6.56. The van der Waals surface area contributed by atoms with E-state index in [4.69, 9.17) is 9.52 Å². The lowest BCUT2D eigenvalue weighted by atomic mass is 10.1. The van der Waals surface area contributed by atoms with Gasteiger partial charge in [-0.3, -0.25) is 9.59 Å². The number of aliphatic hydroxyl groups excluding tert-OH is 1. The van der Waals surface area contributed by atoms with Crippen molar-refractivity contribution in [2.45, 2.75) is 32.2 Å². The van der Waals surface area contributed by atoms with Gasteiger partial charge in [-0.2, -0.15) is 0 Å². The van der Waals surface area contributed by atoms with Gasteiger partial charge in [-0.05, 0) is 38.2 Å². The van der Waals surface area contributed by atoms with Gasteiger partial charge >= 0.3 is 0 Å². The van der Waals surface area contributed by atoms with Crippen molar-refractivity contribution in [3.05, 3.63) is 23.7 Å². The van der Waals surface area contributed by atoms with Crippen molar-refractivity contribution < 1.29 is 19.1 Å². The van der Waals surface area contributed by atoms with Crippen molar-refractivity contribution in [2.24, 2.45) is 5.92 Å². The van der Waals surface area contributed by atoms with Gasteiger partial charge in [-0.1, -0.05) is 0 Å². The van der Waals surface area contributed by atoms with Crippen LogP contribution in [-0.4, -0.2) is 36.1 Å². The van der Waals surface area contributed by atoms with Crippen LogP contribution in [0.1, 0.15) is 35.4 Å². The second-order valence-electron chi connectivity index (χ2n) is 5.10. The van der Waals surface area contributed by atoms with E-state index in [-0.39, 0.29) is 31.0 Å². The summed E-state index contributed by atoms with van der Waals surface area (Å²) >= 11 is 0. The molecule has 20 heavy (non-hydrogen) atoms. The van der Waals surface area contributed by atoms with Gasteiger partial charge in [0.1, 0.15) is 5.76 Å². The zero-order chi connectivity index (χ0) is 14.5. The third kappa shape index (κ3) is 3.84. The smallest absolute Gasteiger partial charge is 0.255 e. The fourth-order valence-electron chi connectivity index (χ4n) is 2.20. The van der Waals surface area contributed by atoms with E-state index in [9.17, 15) is 9.59 Å². The number of amides is 2. The molecular weight excluding hydrogens is 260 g/mol. The molecule has 0 bridgehead atoms. The highest BCUT2D eigenvalue weighted by molar-refractivity contribution is 5.97. The van der Waals surface area contributed by atoms with E-state index in [2.05, 4.69) is 10.6 Å². The Morgan fingerprint density at radius 3 is 2.80 bits per heavy atom. The van der Waals surface area contributed by atoms with E-state index < -0.39 is 0 Å². The number of carbonyl (C=O) groups is 2. The van der Waals surface area contributed by atoms with Gasteiger partial charge in [-0.25, -0.2) is 0 Å². The molecule has 2 rings (SSSR count). The first-order valence-electron chi connectivity index (χ1n) is 6.84. The summed E-state index contributed by atoms with van der Waals surface area (Å²) in [6.45, 7) is 1.68. The molecule has 110 valence electrons. The number of aryl methyl sites for hydroxylation is 1. The van der Waals surface area contributed by atoms with Crippen molar-refractivity contribution >= 4 is 11.8 Å². The number of carbonyl (C=O) groups excluding carboxylic acids is 2. The van der Waals surface area contributed by atoms with E-state index in [1.165, 1.54) is 6.26 Å². The number of aliphatic hydroxyl groups is 1. The molecule has 1 atom stereocenters. The van der Waals surface area contributed by atoms with Crippen LogP contribution in [0.4, 0.5) is 0 Å². The van der Waals surface area contributed by atoms with E-state index in [1.54, 1.807) is 13.0 Å². The largest absolute Gasteiger partial charge is 0.469 e. The van der Waals surface area contributed by atoms with Gasteiger partial charge in [0.15, 0.2) is 0 Å². The minimum Gasteiger partial charge on any atom is -0.469 e. The quantitative estimate of drug-likeness (QED) is 0.682. The van der Waals surface area contributed by atoms with Crippen LogP contribution in [-0.2, 0) is 4.79 Å². The fourth-order valence-corrected chi connectivity index (χ4v) is 2.20. The van der Waals surface area contributed by atoms with Gasteiger partial charge in [0.2, 0.25) is 5.91 Å². The van der Waals surface area contributed by atoms with E-state index >= 15 is 0 Å². The molecule has 3 N–H and O–H groups in total. The van der Waals surface area contributed by atoms with Crippen LogP contribution in [0.5, 0.6) is 0 Å². The van der Waals surface area contributed by atoms with Crippen LogP contribution in [0.2, 0.25) is 0 Å². The number of rotatable bonds is 7. The molecule has 0 aromatic carbocycles. The molecule has 2 amide bonds. The monoisotopic (exact) mass is 280 g/mol. The summed E-state index contributed by atoms with van der Waals surface area (Å²) in [6.07, 6.45) is 4.18. The average Bonchev–Trinajstić information content (AvgIpc) is 3.18. The van der Waals surface area contributed by atoms with E-state index in [0.29, 0.717) is 23.7 Å². The van der Waals surface area contributed by atoms with Crippen molar-refractivity contribution in [1.29, 1.82) is 0 Å². The molecule has 0 aliphatic heterocycles. The summed E-state index contributed by atoms with van der Waals surface area (Å²) in [7, 11) is 0. The Balaban J connectivity index is 1.77. The lowest BCUT2D eigenvalue weighted by molar-refractivity contribution is -0.121. The van der Waals surface area contributed by atoms with Gasteiger partial charge in [-0.15, -0.1) is 0 Å². The van der Waals surface area contributed by atoms with Crippen LogP contribution in [0.25, 0.3) is 0 Å². The molecule has 6 nitrogen and oxygen atoms in total. The lowest BCUT2D eigenvalue weighted by Gasteiger charge is -2.17. The fraction of sp³-hybridized carbons (Fsp3) is 0.571. The topological polar surface area (TPSA) is 91.6 Å². The summed E-state index contributed by atoms with van der Waals surface area (Å²) in [4.78, 5) is 23.6. The Bertz CT molecular complexity index is 479. The molecule has 1 aliphatic carbocycles. The molecule has 1 aromatic heterocycles. The third-order valence-corrected chi connectivity index (χ3v) is 3.49. The number of furan rings is 1. The molecule has 1 saturated carbocycles. The third-order valence-electron chi connectivity index (χ3n) is 3.49. The Labute approximate surface area is 117 Å². The lowest BCUT2D eigenvalue weighted by Crippen LogP contribution is -2.43. The van der Waals surface area contributed by atoms with Gasteiger partial charge < -0.3 is 20.2 Å². The molecule has 1 aromatic rings. The van der Waals surface area contributed by atoms with Gasteiger partial charge in [0.25, 0.3) is 5.91 Å². The van der Waals surface area contributed by atoms with Crippen molar-refractivity contribution in [3.63, 3.8) is 0 Å². The van der Waals surface area contributed by atoms with Crippen molar-refractivity contribution in [3.8, 4) is 0 Å². The summed E-state index contributed by atoms with van der Waals surface area (Å²) in [5, 5.41) is 14.4. The first-order chi connectivity index (χ1) is 9.61. The Morgan fingerprint density at radius 1 is 1.50 bits per heavy atom. The molecule has 0 saturated heterocycles. The van der Waals surface area contributed by atoms with Crippen LogP contribution in [0, 0.1) is 12.8 Å². The number of hydrogen-bond donors (Lipinski definition) is 3. The highest BCUT2D eigenvalue weighted by atomic mass is 16.3. The highest BCUT2D eigenvalue weighted by Crippen LogP contribution is 2.33. The van der Waals surface area contributed by atoms with E-state index in [0.717, 1.165) is 12.8 Å². The molecule has 6 heteroatoms. The maximum absolute atomic E-state index is 11.8. The number of nitrogens with one attached hydrogen (secondary N) is 2. The molecule has 1 aliphatic rings. The zero-order valence-corrected chi connectivity index (χ0v) is 11.5. The maximum Gasteiger partial charge on any atom is 0.255 e. The highest BCUT2D eigenvalue weighted by Gasteiger charge is 2.31. The SMILES string of the molecule is Cc1occc1C(=O)NCC(=O)NC(CCO)C1CC1. The molecule has 1 heterocycles. The molecule has 0 radical (unpaired) electrons. The van der Waals surface area contributed by atoms with Gasteiger partial charge in [0.05, 0.1) is 18.4 Å². The Morgan fingerprint density at radius 2 is 2.25 bits per heavy atom. The van der Waals surface area contributed by atoms with E-state index in [1.807, 2.05) is 0 Å².